The molecule has 19 heavy (non-hydrogen) atoms. The first kappa shape index (κ1) is 14.0. The highest BCUT2D eigenvalue weighted by molar-refractivity contribution is 7.09. The average molecular weight is 281 g/mol. The van der Waals surface area contributed by atoms with E-state index >= 15 is 0 Å². The van der Waals surface area contributed by atoms with Gasteiger partial charge in [0.1, 0.15) is 5.69 Å². The van der Waals surface area contributed by atoms with Crippen molar-refractivity contribution >= 4 is 11.3 Å². The van der Waals surface area contributed by atoms with Crippen molar-refractivity contribution < 1.29 is 4.74 Å². The van der Waals surface area contributed by atoms with Gasteiger partial charge in [-0.15, -0.1) is 11.3 Å². The van der Waals surface area contributed by atoms with Crippen molar-refractivity contribution in [1.82, 2.24) is 19.7 Å². The van der Waals surface area contributed by atoms with Gasteiger partial charge in [0.25, 0.3) is 0 Å². The Morgan fingerprint density at radius 3 is 2.84 bits per heavy atom. The van der Waals surface area contributed by atoms with Gasteiger partial charge in [0.05, 0.1) is 31.4 Å². The van der Waals surface area contributed by atoms with Gasteiger partial charge in [-0.05, 0) is 14.1 Å². The van der Waals surface area contributed by atoms with E-state index in [-0.39, 0.29) is 6.04 Å². The minimum atomic E-state index is -0.257. The Bertz CT molecular complexity index is 508. The number of hydrogen-bond acceptors (Lipinski definition) is 6. The summed E-state index contributed by atoms with van der Waals surface area (Å²) in [6.45, 7) is 1.67. The SMILES string of the molecule is COc1cnn(CCN(C)C)c1C(N)c1cncs1. The van der Waals surface area contributed by atoms with Gasteiger partial charge < -0.3 is 15.4 Å². The summed E-state index contributed by atoms with van der Waals surface area (Å²) in [5.41, 5.74) is 8.98. The van der Waals surface area contributed by atoms with Gasteiger partial charge in [-0.1, -0.05) is 0 Å². The van der Waals surface area contributed by atoms with E-state index in [1.165, 1.54) is 11.3 Å². The van der Waals surface area contributed by atoms with Crippen LogP contribution in [-0.2, 0) is 6.54 Å². The average Bonchev–Trinajstić information content (AvgIpc) is 3.04. The summed E-state index contributed by atoms with van der Waals surface area (Å²) >= 11 is 1.54. The molecule has 0 aliphatic heterocycles. The van der Waals surface area contributed by atoms with E-state index in [9.17, 15) is 0 Å². The van der Waals surface area contributed by atoms with Crippen molar-refractivity contribution in [3.63, 3.8) is 0 Å². The molecule has 1 unspecified atom stereocenters. The fourth-order valence-corrected chi connectivity index (χ4v) is 2.46. The summed E-state index contributed by atoms with van der Waals surface area (Å²) < 4.78 is 7.27. The van der Waals surface area contributed by atoms with Crippen LogP contribution in [0.25, 0.3) is 0 Å². The number of ether oxygens (including phenoxy) is 1. The zero-order valence-electron chi connectivity index (χ0n) is 11.4. The van der Waals surface area contributed by atoms with Crippen LogP contribution >= 0.6 is 11.3 Å². The van der Waals surface area contributed by atoms with Crippen molar-refractivity contribution in [2.24, 2.45) is 5.73 Å². The van der Waals surface area contributed by atoms with E-state index in [0.717, 1.165) is 29.4 Å². The molecule has 1 atom stereocenters. The van der Waals surface area contributed by atoms with Gasteiger partial charge in [-0.3, -0.25) is 9.67 Å². The van der Waals surface area contributed by atoms with E-state index in [1.54, 1.807) is 25.0 Å². The van der Waals surface area contributed by atoms with Gasteiger partial charge in [0, 0.05) is 17.6 Å². The van der Waals surface area contributed by atoms with Gasteiger partial charge in [0.2, 0.25) is 0 Å². The van der Waals surface area contributed by atoms with Crippen molar-refractivity contribution in [3.05, 3.63) is 28.5 Å². The maximum absolute atomic E-state index is 6.30. The van der Waals surface area contributed by atoms with Gasteiger partial charge in [-0.25, -0.2) is 0 Å². The molecule has 2 aromatic heterocycles. The standard InChI is InChI=1S/C12H19N5OS/c1-16(2)4-5-17-12(9(18-3)6-15-17)11(13)10-7-14-8-19-10/h6-8,11H,4-5,13H2,1-3H3. The zero-order chi connectivity index (χ0) is 13.8. The van der Waals surface area contributed by atoms with Crippen LogP contribution in [0.4, 0.5) is 0 Å². The molecule has 0 amide bonds. The quantitative estimate of drug-likeness (QED) is 0.854. The molecule has 2 N–H and O–H groups in total. The molecule has 6 nitrogen and oxygen atoms in total. The molecule has 104 valence electrons. The fraction of sp³-hybridized carbons (Fsp3) is 0.500. The summed E-state index contributed by atoms with van der Waals surface area (Å²) in [5.74, 6) is 0.722. The third-order valence-corrected chi connectivity index (χ3v) is 3.74. The van der Waals surface area contributed by atoms with Crippen LogP contribution in [-0.4, -0.2) is 47.4 Å². The highest BCUT2D eigenvalue weighted by Crippen LogP contribution is 2.29. The second-order valence-electron chi connectivity index (χ2n) is 4.51. The highest BCUT2D eigenvalue weighted by Gasteiger charge is 2.21. The molecule has 0 spiro atoms. The largest absolute Gasteiger partial charge is 0.493 e. The molecule has 2 aromatic rings. The first-order valence-corrected chi connectivity index (χ1v) is 6.89. The van der Waals surface area contributed by atoms with Crippen LogP contribution in [0, 0.1) is 0 Å². The first-order valence-electron chi connectivity index (χ1n) is 6.02. The number of rotatable bonds is 6. The minimum absolute atomic E-state index is 0.257. The Labute approximate surface area is 116 Å². The number of methoxy groups -OCH3 is 1. The normalized spacial score (nSPS) is 12.9. The number of nitrogens with two attached hydrogens (primary N) is 1. The van der Waals surface area contributed by atoms with Crippen LogP contribution in [0.2, 0.25) is 0 Å². The molecule has 0 aliphatic carbocycles. The lowest BCUT2D eigenvalue weighted by atomic mass is 10.2. The Balaban J connectivity index is 2.28. The van der Waals surface area contributed by atoms with Gasteiger partial charge >= 0.3 is 0 Å². The zero-order valence-corrected chi connectivity index (χ0v) is 12.2. The molecular weight excluding hydrogens is 262 g/mol. The Hall–Kier alpha value is -1.44. The number of aromatic nitrogens is 3. The van der Waals surface area contributed by atoms with E-state index in [2.05, 4.69) is 15.0 Å². The van der Waals surface area contributed by atoms with E-state index in [4.69, 9.17) is 10.5 Å². The summed E-state index contributed by atoms with van der Waals surface area (Å²) in [6, 6.07) is -0.257. The van der Waals surface area contributed by atoms with Crippen LogP contribution in [0.5, 0.6) is 5.75 Å². The smallest absolute Gasteiger partial charge is 0.161 e. The predicted molar refractivity (Wildman–Crippen MR) is 75.5 cm³/mol. The monoisotopic (exact) mass is 281 g/mol. The molecular formula is C12H19N5OS. The van der Waals surface area contributed by atoms with Crippen LogP contribution in [0.1, 0.15) is 16.6 Å². The fourth-order valence-electron chi connectivity index (χ4n) is 1.84. The molecule has 0 saturated carbocycles. The summed E-state index contributed by atoms with van der Waals surface area (Å²) in [5, 5.41) is 4.36. The maximum atomic E-state index is 6.30. The molecule has 0 aromatic carbocycles. The molecule has 0 saturated heterocycles. The molecule has 0 bridgehead atoms. The van der Waals surface area contributed by atoms with Crippen molar-refractivity contribution in [2.45, 2.75) is 12.6 Å². The molecule has 7 heteroatoms. The number of likely N-dealkylation sites (N-methyl/N-ethyl adjacent to an activating group) is 1. The molecule has 0 fully saturated rings. The molecule has 2 heterocycles. The highest BCUT2D eigenvalue weighted by atomic mass is 32.1. The van der Waals surface area contributed by atoms with Crippen molar-refractivity contribution in [2.75, 3.05) is 27.7 Å². The lowest BCUT2D eigenvalue weighted by Gasteiger charge is -2.16. The summed E-state index contributed by atoms with van der Waals surface area (Å²) in [6.07, 6.45) is 3.50. The minimum Gasteiger partial charge on any atom is -0.493 e. The summed E-state index contributed by atoms with van der Waals surface area (Å²) in [7, 11) is 5.70. The van der Waals surface area contributed by atoms with Crippen molar-refractivity contribution in [3.8, 4) is 5.75 Å². The van der Waals surface area contributed by atoms with E-state index < -0.39 is 0 Å². The Kier molecular flexibility index (Phi) is 4.52. The van der Waals surface area contributed by atoms with Gasteiger partial charge in [0.15, 0.2) is 5.75 Å². The number of nitrogens with zero attached hydrogens (tertiary/aromatic N) is 4. The molecule has 2 rings (SSSR count). The van der Waals surface area contributed by atoms with Crippen LogP contribution in [0.3, 0.4) is 0 Å². The Morgan fingerprint density at radius 1 is 1.47 bits per heavy atom. The number of thiazole rings is 1. The maximum Gasteiger partial charge on any atom is 0.161 e. The first-order chi connectivity index (χ1) is 9.13. The summed E-state index contributed by atoms with van der Waals surface area (Å²) in [4.78, 5) is 7.18. The third kappa shape index (κ3) is 3.12. The van der Waals surface area contributed by atoms with Crippen LogP contribution in [0.15, 0.2) is 17.9 Å². The second kappa shape index (κ2) is 6.14. The van der Waals surface area contributed by atoms with E-state index in [1.807, 2.05) is 18.8 Å². The number of hydrogen-bond donors (Lipinski definition) is 1. The Morgan fingerprint density at radius 2 is 2.26 bits per heavy atom. The second-order valence-corrected chi connectivity index (χ2v) is 5.42. The van der Waals surface area contributed by atoms with Crippen molar-refractivity contribution in [1.29, 1.82) is 0 Å². The predicted octanol–water partition coefficient (Wildman–Crippen LogP) is 0.958. The molecule has 0 aliphatic rings. The lowest BCUT2D eigenvalue weighted by molar-refractivity contribution is 0.363. The topological polar surface area (TPSA) is 69.2 Å². The molecule has 0 radical (unpaired) electrons. The lowest BCUT2D eigenvalue weighted by Crippen LogP contribution is -2.23. The third-order valence-electron chi connectivity index (χ3n) is 2.88. The van der Waals surface area contributed by atoms with Gasteiger partial charge in [-0.2, -0.15) is 5.10 Å². The van der Waals surface area contributed by atoms with Crippen LogP contribution < -0.4 is 10.5 Å². The van der Waals surface area contributed by atoms with E-state index in [0.29, 0.717) is 0 Å².